The van der Waals surface area contributed by atoms with E-state index in [1.54, 1.807) is 0 Å². The van der Waals surface area contributed by atoms with E-state index < -0.39 is 5.97 Å². The molecule has 1 fully saturated rings. The second-order valence-corrected chi connectivity index (χ2v) is 10.00. The number of nitrogens with zero attached hydrogens (tertiary/aromatic N) is 2. The molecule has 1 rings (SSSR count). The van der Waals surface area contributed by atoms with E-state index in [0.29, 0.717) is 10.4 Å². The molecule has 0 aromatic heterocycles. The summed E-state index contributed by atoms with van der Waals surface area (Å²) in [6.45, 7) is 3.98. The maximum Gasteiger partial charge on any atom is 0.359 e. The molecule has 5 nitrogen and oxygen atoms in total. The number of aliphatic carboxylic acids is 1. The van der Waals surface area contributed by atoms with Gasteiger partial charge in [-0.1, -0.05) is 96.8 Å². The van der Waals surface area contributed by atoms with Gasteiger partial charge in [0.05, 0.1) is 20.6 Å². The summed E-state index contributed by atoms with van der Waals surface area (Å²) >= 11 is 0. The first-order valence-electron chi connectivity index (χ1n) is 12.7. The fourth-order valence-electron chi connectivity index (χ4n) is 4.45. The van der Waals surface area contributed by atoms with Gasteiger partial charge in [-0.15, -0.1) is 0 Å². The molecule has 176 valence electrons. The van der Waals surface area contributed by atoms with E-state index in [9.17, 15) is 9.59 Å². The van der Waals surface area contributed by atoms with Crippen LogP contribution in [0.15, 0.2) is 0 Å². The first-order chi connectivity index (χ1) is 14.4. The fourth-order valence-corrected chi connectivity index (χ4v) is 4.45. The third kappa shape index (κ3) is 13.3. The predicted octanol–water partition coefficient (Wildman–Crippen LogP) is 5.62. The summed E-state index contributed by atoms with van der Waals surface area (Å²) < 4.78 is 0.473. The molecule has 1 atom stereocenters. The number of hydrogen-bond donors (Lipinski definition) is 1. The predicted molar refractivity (Wildman–Crippen MR) is 125 cm³/mol. The first-order valence-corrected chi connectivity index (χ1v) is 12.7. The molecule has 1 aliphatic rings. The van der Waals surface area contributed by atoms with Gasteiger partial charge < -0.3 is 14.5 Å². The molecule has 1 heterocycles. The summed E-state index contributed by atoms with van der Waals surface area (Å²) in [4.78, 5) is 24.8. The Morgan fingerprint density at radius 1 is 0.833 bits per heavy atom. The summed E-state index contributed by atoms with van der Waals surface area (Å²) in [5.41, 5.74) is 0. The summed E-state index contributed by atoms with van der Waals surface area (Å²) in [6, 6.07) is 0.150. The third-order valence-electron chi connectivity index (χ3n) is 6.43. The van der Waals surface area contributed by atoms with Gasteiger partial charge in [0.25, 0.3) is 0 Å². The van der Waals surface area contributed by atoms with E-state index in [-0.39, 0.29) is 12.6 Å². The molecule has 0 spiro atoms. The summed E-state index contributed by atoms with van der Waals surface area (Å²) in [6.07, 6.45) is 20.9. The van der Waals surface area contributed by atoms with Crippen LogP contribution in [0.3, 0.4) is 0 Å². The Hall–Kier alpha value is -1.10. The van der Waals surface area contributed by atoms with Crippen LogP contribution in [0.4, 0.5) is 0 Å². The number of quaternary nitrogens is 1. The maximum atomic E-state index is 11.9. The molecule has 0 saturated carbocycles. The van der Waals surface area contributed by atoms with Crippen molar-refractivity contribution in [2.45, 2.75) is 116 Å². The molecule has 1 aliphatic heterocycles. The molecule has 0 aromatic carbocycles. The molecule has 0 aliphatic carbocycles. The molecule has 30 heavy (non-hydrogen) atoms. The van der Waals surface area contributed by atoms with Crippen LogP contribution in [0.5, 0.6) is 0 Å². The minimum atomic E-state index is -0.765. The third-order valence-corrected chi connectivity index (χ3v) is 6.43. The van der Waals surface area contributed by atoms with Gasteiger partial charge in [0.15, 0.2) is 6.54 Å². The standard InChI is InChI=1S/C25H48N2O3/c1-4-5-6-7-8-9-10-11-12-13-14-15-16-17-19-23-25(30)26(23)20-18-21-27(2,3)22-24(28)29/h23H,4-22H2,1-3H3/p+1. The average Bonchev–Trinajstić information content (AvgIpc) is 3.28. The number of rotatable bonds is 21. The van der Waals surface area contributed by atoms with E-state index in [0.717, 1.165) is 32.4 Å². The van der Waals surface area contributed by atoms with Crippen LogP contribution < -0.4 is 0 Å². The number of carbonyl (C=O) groups is 2. The highest BCUT2D eigenvalue weighted by atomic mass is 16.4. The number of unbranched alkanes of at least 4 members (excludes halogenated alkanes) is 13. The normalized spacial score (nSPS) is 16.3. The van der Waals surface area contributed by atoms with Gasteiger partial charge in [0.2, 0.25) is 5.91 Å². The van der Waals surface area contributed by atoms with Crippen molar-refractivity contribution in [2.24, 2.45) is 0 Å². The fraction of sp³-hybridized carbons (Fsp3) is 0.920. The van der Waals surface area contributed by atoms with Crippen LogP contribution in [0.25, 0.3) is 0 Å². The summed E-state index contributed by atoms with van der Waals surface area (Å²) in [7, 11) is 3.87. The van der Waals surface area contributed by atoms with Crippen molar-refractivity contribution in [3.05, 3.63) is 0 Å². The first kappa shape index (κ1) is 26.9. The number of amides is 1. The van der Waals surface area contributed by atoms with Crippen molar-refractivity contribution in [3.63, 3.8) is 0 Å². The molecule has 1 amide bonds. The van der Waals surface area contributed by atoms with Crippen LogP contribution in [-0.2, 0) is 9.59 Å². The molecule has 5 heteroatoms. The highest BCUT2D eigenvalue weighted by Crippen LogP contribution is 2.26. The monoisotopic (exact) mass is 425 g/mol. The molecule has 1 N–H and O–H groups in total. The smallest absolute Gasteiger partial charge is 0.359 e. The molecule has 0 aromatic rings. The van der Waals surface area contributed by atoms with E-state index >= 15 is 0 Å². The van der Waals surface area contributed by atoms with Gasteiger partial charge in [0.1, 0.15) is 6.04 Å². The minimum absolute atomic E-state index is 0.135. The lowest BCUT2D eigenvalue weighted by Gasteiger charge is -2.27. The maximum absolute atomic E-state index is 11.9. The zero-order valence-corrected chi connectivity index (χ0v) is 20.2. The zero-order chi connectivity index (χ0) is 22.2. The van der Waals surface area contributed by atoms with Crippen molar-refractivity contribution in [3.8, 4) is 0 Å². The Bertz CT molecular complexity index is 479. The minimum Gasteiger partial charge on any atom is -0.477 e. The van der Waals surface area contributed by atoms with E-state index in [1.165, 1.54) is 83.5 Å². The Balaban J connectivity index is 1.88. The molecular weight excluding hydrogens is 376 g/mol. The number of carboxylic acid groups (broad SMARTS) is 1. The number of hydrogen-bond acceptors (Lipinski definition) is 2. The molecule has 1 saturated heterocycles. The quantitative estimate of drug-likeness (QED) is 0.147. The van der Waals surface area contributed by atoms with Crippen molar-refractivity contribution in [2.75, 3.05) is 33.7 Å². The zero-order valence-electron chi connectivity index (χ0n) is 20.2. The number of carboxylic acids is 1. The second kappa shape index (κ2) is 15.7. The second-order valence-electron chi connectivity index (χ2n) is 10.00. The van der Waals surface area contributed by atoms with E-state index in [2.05, 4.69) is 6.92 Å². The van der Waals surface area contributed by atoms with Crippen molar-refractivity contribution >= 4 is 11.9 Å². The highest BCUT2D eigenvalue weighted by molar-refractivity contribution is 5.96. The van der Waals surface area contributed by atoms with Gasteiger partial charge >= 0.3 is 5.97 Å². The topological polar surface area (TPSA) is 57.4 Å². The largest absolute Gasteiger partial charge is 0.477 e. The summed E-state index contributed by atoms with van der Waals surface area (Å²) in [5.74, 6) is -0.466. The SMILES string of the molecule is CCCCCCCCCCCCCCCCC1C(=O)N1CCC[N+](C)(C)CC(=O)O. The molecule has 0 bridgehead atoms. The Labute approximate surface area is 185 Å². The molecule has 1 unspecified atom stereocenters. The highest BCUT2D eigenvalue weighted by Gasteiger charge is 2.44. The van der Waals surface area contributed by atoms with E-state index in [4.69, 9.17) is 5.11 Å². The lowest BCUT2D eigenvalue weighted by molar-refractivity contribution is -0.883. The summed E-state index contributed by atoms with van der Waals surface area (Å²) in [5, 5.41) is 8.93. The molecular formula is C25H49N2O3+. The van der Waals surface area contributed by atoms with Crippen molar-refractivity contribution < 1.29 is 19.2 Å². The van der Waals surface area contributed by atoms with Crippen molar-refractivity contribution in [1.29, 1.82) is 0 Å². The van der Waals surface area contributed by atoms with Gasteiger partial charge in [-0.25, -0.2) is 4.79 Å². The molecule has 0 radical (unpaired) electrons. The van der Waals surface area contributed by atoms with Crippen LogP contribution in [0.1, 0.15) is 110 Å². The van der Waals surface area contributed by atoms with Crippen LogP contribution >= 0.6 is 0 Å². The van der Waals surface area contributed by atoms with E-state index in [1.807, 2.05) is 19.0 Å². The number of carbonyl (C=O) groups excluding carboxylic acids is 1. The Morgan fingerprint density at radius 2 is 1.30 bits per heavy atom. The van der Waals surface area contributed by atoms with Gasteiger partial charge in [0, 0.05) is 13.0 Å². The van der Waals surface area contributed by atoms with Crippen molar-refractivity contribution in [1.82, 2.24) is 4.90 Å². The van der Waals surface area contributed by atoms with Crippen LogP contribution in [0, 0.1) is 0 Å². The van der Waals surface area contributed by atoms with Gasteiger partial charge in [-0.2, -0.15) is 0 Å². The Kier molecular flexibility index (Phi) is 14.1. The average molecular weight is 426 g/mol. The lowest BCUT2D eigenvalue weighted by Crippen LogP contribution is -2.45. The Morgan fingerprint density at radius 3 is 1.77 bits per heavy atom. The van der Waals surface area contributed by atoms with Gasteiger partial charge in [-0.05, 0) is 6.42 Å². The van der Waals surface area contributed by atoms with Crippen LogP contribution in [-0.4, -0.2) is 66.1 Å². The lowest BCUT2D eigenvalue weighted by atomic mass is 10.0. The number of likely N-dealkylation sites (N-methyl/N-ethyl adjacent to an activating group) is 1. The van der Waals surface area contributed by atoms with Gasteiger partial charge in [-0.3, -0.25) is 4.79 Å². The van der Waals surface area contributed by atoms with Crippen LogP contribution in [0.2, 0.25) is 0 Å².